The largest absolute Gasteiger partial charge is 0.493 e. The summed E-state index contributed by atoms with van der Waals surface area (Å²) < 4.78 is 42.9. The van der Waals surface area contributed by atoms with Crippen molar-refractivity contribution in [3.8, 4) is 17.1 Å². The topological polar surface area (TPSA) is 100 Å². The number of primary sulfonamides is 1. The molecule has 0 radical (unpaired) electrons. The Balaban J connectivity index is 1.54. The molecule has 0 saturated heterocycles. The van der Waals surface area contributed by atoms with Gasteiger partial charge in [0.25, 0.3) is 0 Å². The molecule has 2 aromatic carbocycles. The monoisotopic (exact) mass is 408 g/mol. The van der Waals surface area contributed by atoms with Gasteiger partial charge in [0.1, 0.15) is 11.6 Å². The fourth-order valence-electron chi connectivity index (χ4n) is 2.31. The van der Waals surface area contributed by atoms with E-state index in [0.717, 1.165) is 5.56 Å². The maximum Gasteiger partial charge on any atom is 0.238 e. The van der Waals surface area contributed by atoms with Crippen LogP contribution in [0.3, 0.4) is 0 Å². The van der Waals surface area contributed by atoms with Crippen molar-refractivity contribution < 1.29 is 17.5 Å². The zero-order valence-electron chi connectivity index (χ0n) is 14.4. The number of rotatable bonds is 7. The van der Waals surface area contributed by atoms with Gasteiger partial charge >= 0.3 is 0 Å². The quantitative estimate of drug-likeness (QED) is 0.476. The summed E-state index contributed by atoms with van der Waals surface area (Å²) in [5.74, 6) is 1.52. The number of ether oxygens (including phenoxy) is 1. The van der Waals surface area contributed by atoms with E-state index in [-0.39, 0.29) is 10.7 Å². The molecule has 10 heteroatoms. The number of hydrogen-bond acceptors (Lipinski definition) is 6. The minimum Gasteiger partial charge on any atom is -0.493 e. The van der Waals surface area contributed by atoms with Gasteiger partial charge in [-0.3, -0.25) is 0 Å². The summed E-state index contributed by atoms with van der Waals surface area (Å²) in [4.78, 5) is 0.0385. The van der Waals surface area contributed by atoms with Crippen LogP contribution in [-0.4, -0.2) is 35.5 Å². The van der Waals surface area contributed by atoms with E-state index in [2.05, 4.69) is 10.2 Å². The average Bonchev–Trinajstić information content (AvgIpc) is 3.00. The molecule has 2 N–H and O–H groups in total. The van der Waals surface area contributed by atoms with Crippen molar-refractivity contribution in [3.63, 3.8) is 0 Å². The minimum absolute atomic E-state index is 0.0385. The van der Waals surface area contributed by atoms with Crippen LogP contribution in [0.2, 0.25) is 0 Å². The molecule has 27 heavy (non-hydrogen) atoms. The Hall–Kier alpha value is -2.43. The molecule has 1 heterocycles. The average molecular weight is 408 g/mol. The van der Waals surface area contributed by atoms with Gasteiger partial charge in [-0.25, -0.2) is 17.9 Å². The molecular weight excluding hydrogens is 391 g/mol. The maximum atomic E-state index is 13.0. The summed E-state index contributed by atoms with van der Waals surface area (Å²) in [6, 6.07) is 12.0. The molecule has 0 aliphatic heterocycles. The molecule has 3 rings (SSSR count). The van der Waals surface area contributed by atoms with Crippen molar-refractivity contribution in [1.29, 1.82) is 0 Å². The van der Waals surface area contributed by atoms with E-state index < -0.39 is 10.0 Å². The van der Waals surface area contributed by atoms with Gasteiger partial charge in [0.2, 0.25) is 10.0 Å². The smallest absolute Gasteiger partial charge is 0.238 e. The number of aromatic nitrogens is 3. The van der Waals surface area contributed by atoms with E-state index in [0.29, 0.717) is 29.1 Å². The number of thioether (sulfide) groups is 1. The van der Waals surface area contributed by atoms with Crippen molar-refractivity contribution in [1.82, 2.24) is 14.8 Å². The molecular formula is C17H17FN4O3S2. The molecule has 7 nitrogen and oxygen atoms in total. The number of sulfonamides is 1. The highest BCUT2D eigenvalue weighted by Crippen LogP contribution is 2.23. The Kier molecular flexibility index (Phi) is 5.78. The Morgan fingerprint density at radius 1 is 1.11 bits per heavy atom. The zero-order valence-corrected chi connectivity index (χ0v) is 16.0. The van der Waals surface area contributed by atoms with Crippen molar-refractivity contribution in [2.24, 2.45) is 12.2 Å². The molecule has 1 aromatic heterocycles. The predicted octanol–water partition coefficient (Wildman–Crippen LogP) is 2.44. The fourth-order valence-corrected chi connectivity index (χ4v) is 3.55. The molecule has 0 atom stereocenters. The Bertz CT molecular complexity index is 1020. The standard InChI is InChI=1S/C17H17FN4O3S2/c1-22-16(12-2-4-13(18)5-3-12)20-21-17(22)26-11-10-25-14-6-8-15(9-7-14)27(19,23)24/h2-9H,10-11H2,1H3,(H2,19,23,24). The number of halogens is 1. The molecule has 0 spiro atoms. The van der Waals surface area contributed by atoms with E-state index >= 15 is 0 Å². The second-order valence-electron chi connectivity index (χ2n) is 5.59. The fraction of sp³-hybridized carbons (Fsp3) is 0.176. The number of nitrogens with zero attached hydrogens (tertiary/aromatic N) is 3. The molecule has 0 aliphatic carbocycles. The molecule has 0 saturated carbocycles. The van der Waals surface area contributed by atoms with E-state index in [1.54, 1.807) is 24.3 Å². The third-order valence-electron chi connectivity index (χ3n) is 3.67. The predicted molar refractivity (Wildman–Crippen MR) is 100 cm³/mol. The van der Waals surface area contributed by atoms with Crippen molar-refractivity contribution >= 4 is 21.8 Å². The number of benzene rings is 2. The normalized spacial score (nSPS) is 11.5. The lowest BCUT2D eigenvalue weighted by Crippen LogP contribution is -2.11. The first-order valence-electron chi connectivity index (χ1n) is 7.88. The lowest BCUT2D eigenvalue weighted by atomic mass is 10.2. The van der Waals surface area contributed by atoms with E-state index in [9.17, 15) is 12.8 Å². The first kappa shape index (κ1) is 19.3. The lowest BCUT2D eigenvalue weighted by Gasteiger charge is -2.07. The Morgan fingerprint density at radius 2 is 1.78 bits per heavy atom. The number of nitrogens with two attached hydrogens (primary N) is 1. The second kappa shape index (κ2) is 8.07. The molecule has 0 bridgehead atoms. The van der Waals surface area contributed by atoms with Gasteiger partial charge in [0, 0.05) is 18.4 Å². The van der Waals surface area contributed by atoms with Gasteiger partial charge in [-0.2, -0.15) is 0 Å². The first-order valence-corrected chi connectivity index (χ1v) is 10.4. The van der Waals surface area contributed by atoms with Crippen LogP contribution in [0.15, 0.2) is 58.6 Å². The van der Waals surface area contributed by atoms with E-state index in [1.807, 2.05) is 11.6 Å². The summed E-state index contributed by atoms with van der Waals surface area (Å²) in [6.45, 7) is 0.401. The number of hydrogen-bond donors (Lipinski definition) is 1. The first-order chi connectivity index (χ1) is 12.8. The van der Waals surface area contributed by atoms with Crippen LogP contribution >= 0.6 is 11.8 Å². The van der Waals surface area contributed by atoms with Crippen LogP contribution in [0.4, 0.5) is 4.39 Å². The van der Waals surface area contributed by atoms with Gasteiger partial charge in [-0.1, -0.05) is 11.8 Å². The Labute approximate surface area is 160 Å². The van der Waals surface area contributed by atoms with Gasteiger partial charge in [0.15, 0.2) is 11.0 Å². The molecule has 0 fully saturated rings. The van der Waals surface area contributed by atoms with Crippen LogP contribution in [0.5, 0.6) is 5.75 Å². The van der Waals surface area contributed by atoms with E-state index in [1.165, 1.54) is 36.0 Å². The summed E-state index contributed by atoms with van der Waals surface area (Å²) in [6.07, 6.45) is 0. The Morgan fingerprint density at radius 3 is 2.41 bits per heavy atom. The third-order valence-corrected chi connectivity index (χ3v) is 5.59. The van der Waals surface area contributed by atoms with Crippen molar-refractivity contribution in [3.05, 3.63) is 54.3 Å². The lowest BCUT2D eigenvalue weighted by molar-refractivity contribution is 0.343. The van der Waals surface area contributed by atoms with Gasteiger partial charge < -0.3 is 9.30 Å². The summed E-state index contributed by atoms with van der Waals surface area (Å²) in [5.41, 5.74) is 0.782. The van der Waals surface area contributed by atoms with Gasteiger partial charge in [-0.05, 0) is 48.5 Å². The van der Waals surface area contributed by atoms with Crippen LogP contribution < -0.4 is 9.88 Å². The molecule has 0 aliphatic rings. The van der Waals surface area contributed by atoms with Crippen LogP contribution in [0, 0.1) is 5.82 Å². The zero-order chi connectivity index (χ0) is 19.4. The maximum absolute atomic E-state index is 13.0. The van der Waals surface area contributed by atoms with Gasteiger partial charge in [0.05, 0.1) is 11.5 Å². The highest BCUT2D eigenvalue weighted by atomic mass is 32.2. The van der Waals surface area contributed by atoms with Crippen LogP contribution in [-0.2, 0) is 17.1 Å². The highest BCUT2D eigenvalue weighted by molar-refractivity contribution is 7.99. The highest BCUT2D eigenvalue weighted by Gasteiger charge is 2.11. The second-order valence-corrected chi connectivity index (χ2v) is 8.21. The molecule has 3 aromatic rings. The summed E-state index contributed by atoms with van der Waals surface area (Å²) >= 11 is 1.47. The third kappa shape index (κ3) is 4.85. The summed E-state index contributed by atoms with van der Waals surface area (Å²) in [5, 5.41) is 14.1. The van der Waals surface area contributed by atoms with E-state index in [4.69, 9.17) is 9.88 Å². The van der Waals surface area contributed by atoms with Crippen molar-refractivity contribution in [2.45, 2.75) is 10.1 Å². The SMILES string of the molecule is Cn1c(SCCOc2ccc(S(N)(=O)=O)cc2)nnc1-c1ccc(F)cc1. The van der Waals surface area contributed by atoms with Crippen molar-refractivity contribution in [2.75, 3.05) is 12.4 Å². The van der Waals surface area contributed by atoms with Crippen LogP contribution in [0.1, 0.15) is 0 Å². The minimum atomic E-state index is -3.71. The van der Waals surface area contributed by atoms with Gasteiger partial charge in [-0.15, -0.1) is 10.2 Å². The molecule has 0 unspecified atom stereocenters. The molecule has 142 valence electrons. The van der Waals surface area contributed by atoms with Crippen LogP contribution in [0.25, 0.3) is 11.4 Å². The summed E-state index contributed by atoms with van der Waals surface area (Å²) in [7, 11) is -1.87. The molecule has 0 amide bonds.